The summed E-state index contributed by atoms with van der Waals surface area (Å²) in [6, 6.07) is 2.07. The summed E-state index contributed by atoms with van der Waals surface area (Å²) < 4.78 is 0. The predicted molar refractivity (Wildman–Crippen MR) is 70.4 cm³/mol. The monoisotopic (exact) mass is 252 g/mol. The predicted octanol–water partition coefficient (Wildman–Crippen LogP) is 1.41. The van der Waals surface area contributed by atoms with Gasteiger partial charge in [0.25, 0.3) is 5.91 Å². The van der Waals surface area contributed by atoms with Crippen molar-refractivity contribution in [1.82, 2.24) is 5.32 Å². The highest BCUT2D eigenvalue weighted by Gasteiger charge is 2.22. The van der Waals surface area contributed by atoms with Crippen molar-refractivity contribution in [2.75, 3.05) is 31.3 Å². The van der Waals surface area contributed by atoms with Gasteiger partial charge in [-0.3, -0.25) is 4.79 Å². The molecule has 1 amide bonds. The van der Waals surface area contributed by atoms with E-state index >= 15 is 0 Å². The molecule has 0 fully saturated rings. The molecule has 0 aliphatic heterocycles. The van der Waals surface area contributed by atoms with Crippen LogP contribution >= 0.6 is 11.3 Å². The van der Waals surface area contributed by atoms with Crippen molar-refractivity contribution in [3.63, 3.8) is 0 Å². The Bertz CT molecular complexity index is 461. The molecule has 0 saturated carbocycles. The number of hydrogen-bond donors (Lipinski definition) is 2. The summed E-state index contributed by atoms with van der Waals surface area (Å²) >= 11 is 1.26. The number of nitrogens with one attached hydrogen (secondary N) is 1. The number of nitrogen functional groups attached to an aromatic ring is 1. The first kappa shape index (κ1) is 13.3. The van der Waals surface area contributed by atoms with E-state index in [1.807, 2.05) is 11.9 Å². The number of hydrogen-bond acceptors (Lipinski definition) is 5. The maximum absolute atomic E-state index is 11.6. The van der Waals surface area contributed by atoms with Crippen molar-refractivity contribution in [2.45, 2.75) is 13.3 Å². The molecule has 0 atom stereocenters. The molecule has 0 spiro atoms. The van der Waals surface area contributed by atoms with E-state index in [9.17, 15) is 4.79 Å². The van der Waals surface area contributed by atoms with Gasteiger partial charge in [0, 0.05) is 20.6 Å². The molecule has 0 saturated heterocycles. The molecule has 0 aliphatic rings. The minimum atomic E-state index is -0.250. The van der Waals surface area contributed by atoms with Crippen LogP contribution in [-0.2, 0) is 0 Å². The van der Waals surface area contributed by atoms with Gasteiger partial charge in [-0.05, 0) is 6.42 Å². The van der Waals surface area contributed by atoms with Gasteiger partial charge in [-0.1, -0.05) is 6.92 Å². The van der Waals surface area contributed by atoms with Crippen LogP contribution in [0.15, 0.2) is 0 Å². The Morgan fingerprint density at radius 3 is 2.76 bits per heavy atom. The Balaban J connectivity index is 3.23. The van der Waals surface area contributed by atoms with Crippen LogP contribution < -0.4 is 16.0 Å². The minimum Gasteiger partial charge on any atom is -0.396 e. The van der Waals surface area contributed by atoms with Crippen LogP contribution in [0.2, 0.25) is 0 Å². The van der Waals surface area contributed by atoms with Gasteiger partial charge in [-0.15, -0.1) is 11.3 Å². The lowest BCUT2D eigenvalue weighted by Gasteiger charge is -2.16. The van der Waals surface area contributed by atoms with Gasteiger partial charge in [0.1, 0.15) is 21.5 Å². The summed E-state index contributed by atoms with van der Waals surface area (Å²) in [5, 5.41) is 12.4. The molecular weight excluding hydrogens is 236 g/mol. The third-order valence-electron chi connectivity index (χ3n) is 2.38. The van der Waals surface area contributed by atoms with Crippen LogP contribution in [0.4, 0.5) is 10.7 Å². The Labute approximate surface area is 105 Å². The van der Waals surface area contributed by atoms with Crippen LogP contribution in [0.25, 0.3) is 0 Å². The fourth-order valence-corrected chi connectivity index (χ4v) is 2.63. The molecular formula is C11H16N4OS. The van der Waals surface area contributed by atoms with E-state index in [1.54, 1.807) is 7.05 Å². The molecule has 1 aromatic heterocycles. The fraction of sp³-hybridized carbons (Fsp3) is 0.455. The Kier molecular flexibility index (Phi) is 4.35. The van der Waals surface area contributed by atoms with Gasteiger partial charge in [-0.2, -0.15) is 5.26 Å². The second kappa shape index (κ2) is 5.55. The van der Waals surface area contributed by atoms with E-state index in [-0.39, 0.29) is 11.6 Å². The summed E-state index contributed by atoms with van der Waals surface area (Å²) in [4.78, 5) is 13.9. The maximum atomic E-state index is 11.6. The molecule has 0 aromatic carbocycles. The average Bonchev–Trinajstić information content (AvgIpc) is 2.65. The normalized spacial score (nSPS) is 9.76. The van der Waals surface area contributed by atoms with Crippen LogP contribution in [0.5, 0.6) is 0 Å². The number of nitrogens with two attached hydrogens (primary N) is 1. The van der Waals surface area contributed by atoms with Crippen molar-refractivity contribution in [3.05, 3.63) is 10.4 Å². The summed E-state index contributed by atoms with van der Waals surface area (Å²) in [7, 11) is 3.44. The number of nitriles is 1. The van der Waals surface area contributed by atoms with E-state index in [0.717, 1.165) is 18.0 Å². The van der Waals surface area contributed by atoms with Crippen LogP contribution in [0, 0.1) is 11.3 Å². The molecule has 0 bridgehead atoms. The number of nitrogens with zero attached hydrogens (tertiary/aromatic N) is 2. The van der Waals surface area contributed by atoms with E-state index in [2.05, 4.69) is 18.3 Å². The van der Waals surface area contributed by atoms with Gasteiger partial charge < -0.3 is 16.0 Å². The second-order valence-corrected chi connectivity index (χ2v) is 4.64. The lowest BCUT2D eigenvalue weighted by molar-refractivity contribution is 0.0968. The number of carbonyl (C=O) groups excluding carboxylic acids is 1. The number of thiophene rings is 1. The molecule has 1 rings (SSSR count). The Morgan fingerprint density at radius 2 is 2.29 bits per heavy atom. The molecule has 6 heteroatoms. The van der Waals surface area contributed by atoms with E-state index < -0.39 is 0 Å². The summed E-state index contributed by atoms with van der Waals surface area (Å²) in [6.07, 6.45) is 0.967. The van der Waals surface area contributed by atoms with Crippen molar-refractivity contribution < 1.29 is 4.79 Å². The van der Waals surface area contributed by atoms with Gasteiger partial charge in [0.2, 0.25) is 0 Å². The van der Waals surface area contributed by atoms with Crippen molar-refractivity contribution in [1.29, 1.82) is 5.26 Å². The lowest BCUT2D eigenvalue weighted by atomic mass is 10.2. The van der Waals surface area contributed by atoms with Gasteiger partial charge in [-0.25, -0.2) is 0 Å². The SMILES string of the molecule is CCCN(C)c1sc(C(=O)NC)c(N)c1C#N. The highest BCUT2D eigenvalue weighted by molar-refractivity contribution is 7.19. The highest BCUT2D eigenvalue weighted by atomic mass is 32.1. The Hall–Kier alpha value is -1.74. The maximum Gasteiger partial charge on any atom is 0.263 e. The minimum absolute atomic E-state index is 0.250. The zero-order valence-corrected chi connectivity index (χ0v) is 11.0. The first-order valence-electron chi connectivity index (χ1n) is 5.32. The molecule has 5 nitrogen and oxygen atoms in total. The summed E-state index contributed by atoms with van der Waals surface area (Å²) in [5.74, 6) is -0.250. The zero-order valence-electron chi connectivity index (χ0n) is 10.2. The first-order chi connectivity index (χ1) is 8.06. The lowest BCUT2D eigenvalue weighted by Crippen LogP contribution is -2.17. The van der Waals surface area contributed by atoms with Crippen molar-refractivity contribution in [3.8, 4) is 6.07 Å². The van der Waals surface area contributed by atoms with E-state index in [0.29, 0.717) is 10.4 Å². The van der Waals surface area contributed by atoms with Gasteiger partial charge in [0.15, 0.2) is 0 Å². The summed E-state index contributed by atoms with van der Waals surface area (Å²) in [5.41, 5.74) is 6.49. The zero-order chi connectivity index (χ0) is 13.0. The van der Waals surface area contributed by atoms with Crippen LogP contribution in [0.1, 0.15) is 28.6 Å². The van der Waals surface area contributed by atoms with Crippen LogP contribution in [0.3, 0.4) is 0 Å². The Morgan fingerprint density at radius 1 is 1.65 bits per heavy atom. The molecule has 1 aromatic rings. The molecule has 0 radical (unpaired) electrons. The van der Waals surface area contributed by atoms with E-state index in [4.69, 9.17) is 11.0 Å². The quantitative estimate of drug-likeness (QED) is 0.848. The van der Waals surface area contributed by atoms with Crippen molar-refractivity contribution in [2.24, 2.45) is 0 Å². The fourth-order valence-electron chi connectivity index (χ4n) is 1.53. The van der Waals surface area contributed by atoms with E-state index in [1.165, 1.54) is 11.3 Å². The molecule has 92 valence electrons. The molecule has 1 heterocycles. The largest absolute Gasteiger partial charge is 0.396 e. The molecule has 3 N–H and O–H groups in total. The van der Waals surface area contributed by atoms with Crippen LogP contribution in [-0.4, -0.2) is 26.5 Å². The number of anilines is 2. The second-order valence-electron chi connectivity index (χ2n) is 3.64. The standard InChI is InChI=1S/C11H16N4OS/c1-4-5-15(3)11-7(6-12)8(13)9(17-11)10(16)14-2/h4-5,13H2,1-3H3,(H,14,16). The smallest absolute Gasteiger partial charge is 0.263 e. The number of carbonyl (C=O) groups is 1. The van der Waals surface area contributed by atoms with Crippen molar-refractivity contribution >= 4 is 27.9 Å². The molecule has 0 unspecified atom stereocenters. The number of rotatable bonds is 4. The van der Waals surface area contributed by atoms with Gasteiger partial charge in [0.05, 0.1) is 5.69 Å². The third-order valence-corrected chi connectivity index (χ3v) is 3.70. The average molecular weight is 252 g/mol. The molecule has 0 aliphatic carbocycles. The highest BCUT2D eigenvalue weighted by Crippen LogP contribution is 2.37. The van der Waals surface area contributed by atoms with Gasteiger partial charge >= 0.3 is 0 Å². The summed E-state index contributed by atoms with van der Waals surface area (Å²) in [6.45, 7) is 2.88. The third kappa shape index (κ3) is 2.50. The topological polar surface area (TPSA) is 82.2 Å². The molecule has 17 heavy (non-hydrogen) atoms. The first-order valence-corrected chi connectivity index (χ1v) is 6.14. The number of amides is 1.